The third kappa shape index (κ3) is 2.86. The van der Waals surface area contributed by atoms with Crippen LogP contribution in [-0.4, -0.2) is 24.8 Å². The monoisotopic (exact) mass is 295 g/mol. The fourth-order valence-corrected chi connectivity index (χ4v) is 2.58. The molecule has 0 unspecified atom stereocenters. The van der Waals surface area contributed by atoms with E-state index in [0.29, 0.717) is 30.0 Å². The minimum absolute atomic E-state index is 0.0362. The Bertz CT molecular complexity index is 710. The van der Waals surface area contributed by atoms with Crippen LogP contribution in [0.3, 0.4) is 0 Å². The number of aryl methyl sites for hydroxylation is 1. The summed E-state index contributed by atoms with van der Waals surface area (Å²) in [6, 6.07) is 14.8. The van der Waals surface area contributed by atoms with Gasteiger partial charge in [-0.25, -0.2) is 0 Å². The van der Waals surface area contributed by atoms with E-state index in [-0.39, 0.29) is 18.3 Å². The number of benzene rings is 2. The Balaban J connectivity index is 1.77. The predicted molar refractivity (Wildman–Crippen MR) is 84.4 cm³/mol. The minimum Gasteiger partial charge on any atom is -0.484 e. The molecular formula is C18H17NO3. The van der Waals surface area contributed by atoms with Crippen LogP contribution in [0.15, 0.2) is 48.5 Å². The van der Waals surface area contributed by atoms with Gasteiger partial charge < -0.3 is 9.64 Å². The fourth-order valence-electron chi connectivity index (χ4n) is 2.58. The van der Waals surface area contributed by atoms with Gasteiger partial charge in [0.15, 0.2) is 12.4 Å². The first-order valence-electron chi connectivity index (χ1n) is 7.27. The summed E-state index contributed by atoms with van der Waals surface area (Å²) in [5.74, 6) is 0.612. The molecule has 4 heteroatoms. The van der Waals surface area contributed by atoms with Crippen molar-refractivity contribution in [1.29, 1.82) is 0 Å². The van der Waals surface area contributed by atoms with Gasteiger partial charge in [-0.1, -0.05) is 29.8 Å². The number of carbonyl (C=O) groups excluding carboxylic acids is 2. The molecule has 2 aromatic rings. The number of anilines is 1. The third-order valence-electron chi connectivity index (χ3n) is 3.71. The first kappa shape index (κ1) is 14.3. The molecule has 0 aromatic heterocycles. The highest BCUT2D eigenvalue weighted by atomic mass is 16.5. The van der Waals surface area contributed by atoms with Crippen LogP contribution in [0, 0.1) is 6.92 Å². The molecule has 1 amide bonds. The van der Waals surface area contributed by atoms with Gasteiger partial charge >= 0.3 is 0 Å². The van der Waals surface area contributed by atoms with Crippen LogP contribution in [0.25, 0.3) is 0 Å². The van der Waals surface area contributed by atoms with Crippen molar-refractivity contribution in [2.75, 3.05) is 18.1 Å². The van der Waals surface area contributed by atoms with Gasteiger partial charge in [-0.15, -0.1) is 0 Å². The molecule has 0 N–H and O–H groups in total. The SMILES string of the molecule is Cc1ccc2c(c1)C(=O)CCN2C(=O)COc1ccccc1. The van der Waals surface area contributed by atoms with Crippen molar-refractivity contribution < 1.29 is 14.3 Å². The van der Waals surface area contributed by atoms with E-state index in [1.165, 1.54) is 0 Å². The lowest BCUT2D eigenvalue weighted by atomic mass is 9.98. The van der Waals surface area contributed by atoms with E-state index in [1.54, 1.807) is 4.90 Å². The highest BCUT2D eigenvalue weighted by molar-refractivity contribution is 6.09. The van der Waals surface area contributed by atoms with Gasteiger partial charge in [0.05, 0.1) is 5.69 Å². The molecule has 2 aromatic carbocycles. The number of nitrogens with zero attached hydrogens (tertiary/aromatic N) is 1. The van der Waals surface area contributed by atoms with Crippen molar-refractivity contribution in [2.24, 2.45) is 0 Å². The number of rotatable bonds is 3. The van der Waals surface area contributed by atoms with Crippen LogP contribution in [0.2, 0.25) is 0 Å². The zero-order valence-corrected chi connectivity index (χ0v) is 12.4. The van der Waals surface area contributed by atoms with Crippen LogP contribution < -0.4 is 9.64 Å². The van der Waals surface area contributed by atoms with E-state index in [0.717, 1.165) is 5.56 Å². The number of ether oxygens (including phenoxy) is 1. The Morgan fingerprint density at radius 3 is 2.73 bits per heavy atom. The van der Waals surface area contributed by atoms with Gasteiger partial charge in [-0.05, 0) is 31.2 Å². The number of carbonyl (C=O) groups is 2. The second-order valence-corrected chi connectivity index (χ2v) is 5.34. The molecular weight excluding hydrogens is 278 g/mol. The van der Waals surface area contributed by atoms with Gasteiger partial charge in [0.1, 0.15) is 5.75 Å². The lowest BCUT2D eigenvalue weighted by Gasteiger charge is -2.29. The number of hydrogen-bond acceptors (Lipinski definition) is 3. The number of fused-ring (bicyclic) bond motifs is 1. The van der Waals surface area contributed by atoms with Crippen LogP contribution >= 0.6 is 0 Å². The lowest BCUT2D eigenvalue weighted by molar-refractivity contribution is -0.120. The average molecular weight is 295 g/mol. The highest BCUT2D eigenvalue weighted by Crippen LogP contribution is 2.28. The molecule has 0 fully saturated rings. The molecule has 0 saturated heterocycles. The molecule has 0 bridgehead atoms. The maximum atomic E-state index is 12.4. The van der Waals surface area contributed by atoms with Gasteiger partial charge in [0.2, 0.25) is 0 Å². The van der Waals surface area contributed by atoms with E-state index in [2.05, 4.69) is 0 Å². The summed E-state index contributed by atoms with van der Waals surface area (Å²) < 4.78 is 5.51. The minimum atomic E-state index is -0.138. The van der Waals surface area contributed by atoms with Gasteiger partial charge in [0, 0.05) is 18.5 Å². The van der Waals surface area contributed by atoms with E-state index in [4.69, 9.17) is 4.74 Å². The zero-order chi connectivity index (χ0) is 15.5. The first-order valence-corrected chi connectivity index (χ1v) is 7.27. The number of para-hydroxylation sites is 1. The Morgan fingerprint density at radius 2 is 1.95 bits per heavy atom. The van der Waals surface area contributed by atoms with E-state index in [9.17, 15) is 9.59 Å². The maximum Gasteiger partial charge on any atom is 0.264 e. The smallest absolute Gasteiger partial charge is 0.264 e. The maximum absolute atomic E-state index is 12.4. The second-order valence-electron chi connectivity index (χ2n) is 5.34. The number of ketones is 1. The number of Topliss-reactive ketones (excluding diaryl/α,β-unsaturated/α-hetero) is 1. The summed E-state index contributed by atoms with van der Waals surface area (Å²) >= 11 is 0. The Labute approximate surface area is 129 Å². The molecule has 1 heterocycles. The summed E-state index contributed by atoms with van der Waals surface area (Å²) in [7, 11) is 0. The van der Waals surface area contributed by atoms with Crippen molar-refractivity contribution in [3.8, 4) is 5.75 Å². The third-order valence-corrected chi connectivity index (χ3v) is 3.71. The topological polar surface area (TPSA) is 46.6 Å². The summed E-state index contributed by atoms with van der Waals surface area (Å²) in [5.41, 5.74) is 2.32. The van der Waals surface area contributed by atoms with Crippen LogP contribution in [0.5, 0.6) is 5.75 Å². The van der Waals surface area contributed by atoms with Crippen LogP contribution in [-0.2, 0) is 4.79 Å². The Morgan fingerprint density at radius 1 is 1.18 bits per heavy atom. The standard InChI is InChI=1S/C18H17NO3/c1-13-7-8-16-15(11-13)17(20)9-10-19(16)18(21)12-22-14-5-3-2-4-6-14/h2-8,11H,9-10,12H2,1H3. The number of amides is 1. The molecule has 0 radical (unpaired) electrons. The van der Waals surface area contributed by atoms with Crippen molar-refractivity contribution in [1.82, 2.24) is 0 Å². The van der Waals surface area contributed by atoms with Gasteiger partial charge in [-0.3, -0.25) is 9.59 Å². The Kier molecular flexibility index (Phi) is 3.92. The predicted octanol–water partition coefficient (Wildman–Crippen LogP) is 2.99. The van der Waals surface area contributed by atoms with Crippen molar-refractivity contribution in [3.05, 3.63) is 59.7 Å². The number of hydrogen-bond donors (Lipinski definition) is 0. The molecule has 0 spiro atoms. The van der Waals surface area contributed by atoms with Crippen molar-refractivity contribution in [3.63, 3.8) is 0 Å². The van der Waals surface area contributed by atoms with Crippen molar-refractivity contribution >= 4 is 17.4 Å². The highest BCUT2D eigenvalue weighted by Gasteiger charge is 2.27. The molecule has 22 heavy (non-hydrogen) atoms. The molecule has 4 nitrogen and oxygen atoms in total. The van der Waals surface area contributed by atoms with E-state index >= 15 is 0 Å². The zero-order valence-electron chi connectivity index (χ0n) is 12.4. The summed E-state index contributed by atoms with van der Waals surface area (Å²) in [4.78, 5) is 26.1. The van der Waals surface area contributed by atoms with Gasteiger partial charge in [-0.2, -0.15) is 0 Å². The summed E-state index contributed by atoms with van der Waals surface area (Å²) in [6.45, 7) is 2.31. The quantitative estimate of drug-likeness (QED) is 0.874. The molecule has 112 valence electrons. The lowest BCUT2D eigenvalue weighted by Crippen LogP contribution is -2.40. The molecule has 0 atom stereocenters. The molecule has 1 aliphatic heterocycles. The Hall–Kier alpha value is -2.62. The largest absolute Gasteiger partial charge is 0.484 e. The van der Waals surface area contributed by atoms with Gasteiger partial charge in [0.25, 0.3) is 5.91 Å². The fraction of sp³-hybridized carbons (Fsp3) is 0.222. The van der Waals surface area contributed by atoms with E-state index in [1.807, 2.05) is 55.5 Å². The first-order chi connectivity index (χ1) is 10.6. The molecule has 0 saturated carbocycles. The second kappa shape index (κ2) is 6.02. The summed E-state index contributed by atoms with van der Waals surface area (Å²) in [6.07, 6.45) is 0.355. The molecule has 0 aliphatic carbocycles. The molecule has 3 rings (SSSR count). The van der Waals surface area contributed by atoms with Crippen molar-refractivity contribution in [2.45, 2.75) is 13.3 Å². The van der Waals surface area contributed by atoms with Crippen LogP contribution in [0.4, 0.5) is 5.69 Å². The summed E-state index contributed by atoms with van der Waals surface area (Å²) in [5, 5.41) is 0. The normalized spacial score (nSPS) is 13.7. The van der Waals surface area contributed by atoms with E-state index < -0.39 is 0 Å². The average Bonchev–Trinajstić information content (AvgIpc) is 2.54. The van der Waals surface area contributed by atoms with Crippen LogP contribution in [0.1, 0.15) is 22.3 Å². The molecule has 1 aliphatic rings.